The second-order valence-corrected chi connectivity index (χ2v) is 3.04. The Hall–Kier alpha value is -1.61. The van der Waals surface area contributed by atoms with Crippen LogP contribution in [-0.2, 0) is 0 Å². The van der Waals surface area contributed by atoms with Crippen molar-refractivity contribution in [2.75, 3.05) is 0 Å². The Morgan fingerprint density at radius 1 is 1.07 bits per heavy atom. The average molecular weight is 207 g/mol. The van der Waals surface area contributed by atoms with E-state index >= 15 is 0 Å². The summed E-state index contributed by atoms with van der Waals surface area (Å²) in [5, 5.41) is 0.681. The number of rotatable bonds is 2. The van der Waals surface area contributed by atoms with Gasteiger partial charge in [-0.05, 0) is 24.3 Å². The third-order valence-electron chi connectivity index (χ3n) is 1.59. The first-order chi connectivity index (χ1) is 6.84. The van der Waals surface area contributed by atoms with Crippen LogP contribution in [-0.4, -0.2) is 9.97 Å². The number of ether oxygens (including phenoxy) is 1. The smallest absolute Gasteiger partial charge is 0.222 e. The summed E-state index contributed by atoms with van der Waals surface area (Å²) in [7, 11) is 0. The van der Waals surface area contributed by atoms with Gasteiger partial charge in [0, 0.05) is 17.3 Å². The standard InChI is InChI=1S/C10H7ClN2O/c11-8-1-3-9(4-2-8)14-10-5-6-12-7-13-10/h1-7H. The highest BCUT2D eigenvalue weighted by molar-refractivity contribution is 6.30. The monoisotopic (exact) mass is 206 g/mol. The summed E-state index contributed by atoms with van der Waals surface area (Å²) < 4.78 is 5.42. The summed E-state index contributed by atoms with van der Waals surface area (Å²) in [5.41, 5.74) is 0. The molecule has 0 unspecified atom stereocenters. The van der Waals surface area contributed by atoms with Crippen LogP contribution in [0.25, 0.3) is 0 Å². The minimum Gasteiger partial charge on any atom is -0.439 e. The molecular weight excluding hydrogens is 200 g/mol. The molecule has 0 amide bonds. The van der Waals surface area contributed by atoms with Gasteiger partial charge in [-0.25, -0.2) is 9.97 Å². The molecule has 0 saturated heterocycles. The first-order valence-electron chi connectivity index (χ1n) is 4.04. The van der Waals surface area contributed by atoms with Crippen LogP contribution in [0.5, 0.6) is 11.6 Å². The highest BCUT2D eigenvalue weighted by atomic mass is 35.5. The maximum absolute atomic E-state index is 5.73. The van der Waals surface area contributed by atoms with E-state index in [-0.39, 0.29) is 0 Å². The van der Waals surface area contributed by atoms with Crippen molar-refractivity contribution in [3.8, 4) is 11.6 Å². The van der Waals surface area contributed by atoms with Gasteiger partial charge in [0.05, 0.1) is 0 Å². The van der Waals surface area contributed by atoms with Gasteiger partial charge in [-0.2, -0.15) is 0 Å². The maximum atomic E-state index is 5.73. The lowest BCUT2D eigenvalue weighted by Crippen LogP contribution is -1.87. The number of aromatic nitrogens is 2. The fourth-order valence-corrected chi connectivity index (χ4v) is 1.09. The van der Waals surface area contributed by atoms with Crippen LogP contribution in [0, 0.1) is 0 Å². The number of nitrogens with zero attached hydrogens (tertiary/aromatic N) is 2. The van der Waals surface area contributed by atoms with Crippen molar-refractivity contribution >= 4 is 11.6 Å². The maximum Gasteiger partial charge on any atom is 0.222 e. The van der Waals surface area contributed by atoms with Gasteiger partial charge in [-0.15, -0.1) is 0 Å². The molecule has 0 aliphatic heterocycles. The van der Waals surface area contributed by atoms with E-state index in [2.05, 4.69) is 9.97 Å². The van der Waals surface area contributed by atoms with Crippen LogP contribution >= 0.6 is 11.6 Å². The van der Waals surface area contributed by atoms with Gasteiger partial charge < -0.3 is 4.74 Å². The molecule has 0 saturated carbocycles. The topological polar surface area (TPSA) is 35.0 Å². The van der Waals surface area contributed by atoms with Gasteiger partial charge in [0.1, 0.15) is 12.1 Å². The third kappa shape index (κ3) is 2.20. The molecule has 0 aliphatic carbocycles. The van der Waals surface area contributed by atoms with Crippen LogP contribution in [0.1, 0.15) is 0 Å². The summed E-state index contributed by atoms with van der Waals surface area (Å²) in [6, 6.07) is 8.78. The largest absolute Gasteiger partial charge is 0.439 e. The summed E-state index contributed by atoms with van der Waals surface area (Å²) in [5.74, 6) is 1.22. The minimum atomic E-state index is 0.516. The zero-order valence-corrected chi connectivity index (χ0v) is 7.98. The van der Waals surface area contributed by atoms with Crippen molar-refractivity contribution in [3.63, 3.8) is 0 Å². The third-order valence-corrected chi connectivity index (χ3v) is 1.84. The van der Waals surface area contributed by atoms with E-state index in [0.717, 1.165) is 0 Å². The Bertz CT molecular complexity index is 402. The van der Waals surface area contributed by atoms with Crippen LogP contribution in [0.4, 0.5) is 0 Å². The SMILES string of the molecule is Clc1ccc(Oc2ccncn2)cc1. The van der Waals surface area contributed by atoms with Gasteiger partial charge in [0.2, 0.25) is 5.88 Å². The van der Waals surface area contributed by atoms with E-state index in [1.807, 2.05) is 0 Å². The average Bonchev–Trinajstić information content (AvgIpc) is 2.23. The van der Waals surface area contributed by atoms with Crippen molar-refractivity contribution in [1.82, 2.24) is 9.97 Å². The molecule has 1 aromatic heterocycles. The molecule has 2 aromatic rings. The van der Waals surface area contributed by atoms with Crippen molar-refractivity contribution in [3.05, 3.63) is 47.9 Å². The molecule has 0 bridgehead atoms. The van der Waals surface area contributed by atoms with Gasteiger partial charge in [0.25, 0.3) is 0 Å². The normalized spacial score (nSPS) is 9.79. The molecule has 14 heavy (non-hydrogen) atoms. The zero-order valence-electron chi connectivity index (χ0n) is 7.22. The molecule has 3 nitrogen and oxygen atoms in total. The number of benzene rings is 1. The second kappa shape index (κ2) is 4.07. The molecule has 2 rings (SSSR count). The summed E-state index contributed by atoms with van der Waals surface area (Å²) >= 11 is 5.73. The highest BCUT2D eigenvalue weighted by Gasteiger charge is 1.96. The fraction of sp³-hybridized carbons (Fsp3) is 0. The first-order valence-corrected chi connectivity index (χ1v) is 4.42. The predicted molar refractivity (Wildman–Crippen MR) is 53.6 cm³/mol. The van der Waals surface area contributed by atoms with Gasteiger partial charge in [0.15, 0.2) is 0 Å². The zero-order chi connectivity index (χ0) is 9.80. The fourth-order valence-electron chi connectivity index (χ4n) is 0.962. The van der Waals surface area contributed by atoms with Crippen LogP contribution < -0.4 is 4.74 Å². The van der Waals surface area contributed by atoms with Crippen LogP contribution in [0.2, 0.25) is 5.02 Å². The quantitative estimate of drug-likeness (QED) is 0.758. The molecule has 0 radical (unpaired) electrons. The van der Waals surface area contributed by atoms with Crippen LogP contribution in [0.3, 0.4) is 0 Å². The lowest BCUT2D eigenvalue weighted by molar-refractivity contribution is 0.461. The summed E-state index contributed by atoms with van der Waals surface area (Å²) in [6.07, 6.45) is 3.06. The van der Waals surface area contributed by atoms with Crippen molar-refractivity contribution in [2.45, 2.75) is 0 Å². The first kappa shape index (κ1) is 8.97. The molecule has 0 fully saturated rings. The van der Waals surface area contributed by atoms with E-state index in [1.165, 1.54) is 6.33 Å². The molecule has 0 spiro atoms. The molecule has 70 valence electrons. The lowest BCUT2D eigenvalue weighted by Gasteiger charge is -2.02. The molecule has 4 heteroatoms. The minimum absolute atomic E-state index is 0.516. The van der Waals surface area contributed by atoms with E-state index in [9.17, 15) is 0 Å². The Morgan fingerprint density at radius 2 is 1.86 bits per heavy atom. The molecule has 0 N–H and O–H groups in total. The molecule has 1 heterocycles. The molecular formula is C10H7ClN2O. The predicted octanol–water partition coefficient (Wildman–Crippen LogP) is 2.92. The number of halogens is 1. The Morgan fingerprint density at radius 3 is 2.50 bits per heavy atom. The van der Waals surface area contributed by atoms with E-state index in [4.69, 9.17) is 16.3 Å². The Balaban J connectivity index is 2.16. The van der Waals surface area contributed by atoms with E-state index in [1.54, 1.807) is 36.5 Å². The Labute approximate surface area is 86.3 Å². The van der Waals surface area contributed by atoms with Crippen molar-refractivity contribution in [2.24, 2.45) is 0 Å². The van der Waals surface area contributed by atoms with E-state index in [0.29, 0.717) is 16.7 Å². The van der Waals surface area contributed by atoms with E-state index < -0.39 is 0 Å². The van der Waals surface area contributed by atoms with Gasteiger partial charge in [-0.3, -0.25) is 0 Å². The van der Waals surface area contributed by atoms with Crippen molar-refractivity contribution in [1.29, 1.82) is 0 Å². The lowest BCUT2D eigenvalue weighted by atomic mass is 10.3. The number of hydrogen-bond acceptors (Lipinski definition) is 3. The van der Waals surface area contributed by atoms with Gasteiger partial charge in [-0.1, -0.05) is 11.6 Å². The second-order valence-electron chi connectivity index (χ2n) is 2.60. The van der Waals surface area contributed by atoms with Crippen LogP contribution in [0.15, 0.2) is 42.9 Å². The highest BCUT2D eigenvalue weighted by Crippen LogP contribution is 2.20. The summed E-state index contributed by atoms with van der Waals surface area (Å²) in [4.78, 5) is 7.72. The molecule has 0 aliphatic rings. The van der Waals surface area contributed by atoms with Gasteiger partial charge >= 0.3 is 0 Å². The summed E-state index contributed by atoms with van der Waals surface area (Å²) in [6.45, 7) is 0. The number of hydrogen-bond donors (Lipinski definition) is 0. The molecule has 1 aromatic carbocycles. The van der Waals surface area contributed by atoms with Crippen molar-refractivity contribution < 1.29 is 4.74 Å². The Kier molecular flexibility index (Phi) is 2.60. The molecule has 0 atom stereocenters.